The van der Waals surface area contributed by atoms with Crippen molar-refractivity contribution in [3.8, 4) is 0 Å². The summed E-state index contributed by atoms with van der Waals surface area (Å²) in [4.78, 5) is 20.4. The molecule has 1 aromatic heterocycles. The van der Waals surface area contributed by atoms with Gasteiger partial charge in [0.15, 0.2) is 5.96 Å². The van der Waals surface area contributed by atoms with E-state index in [1.54, 1.807) is 24.5 Å². The van der Waals surface area contributed by atoms with Gasteiger partial charge in [-0.1, -0.05) is 0 Å². The predicted molar refractivity (Wildman–Crippen MR) is 111 cm³/mol. The first-order valence-electron chi connectivity index (χ1n) is 8.11. The topological polar surface area (TPSA) is 78.4 Å². The molecule has 1 atom stereocenters. The van der Waals surface area contributed by atoms with Crippen molar-refractivity contribution in [1.82, 2.24) is 20.9 Å². The second-order valence-electron chi connectivity index (χ2n) is 5.28. The van der Waals surface area contributed by atoms with Gasteiger partial charge in [-0.15, -0.1) is 24.0 Å². The van der Waals surface area contributed by atoms with E-state index in [1.165, 1.54) is 18.6 Å². The maximum absolute atomic E-state index is 11.9. The standard InChI is InChI=1S/C16H25N5OS.HI/c1-2-18-16(21-12-14-6-4-10-23-14)20-9-8-19-15(22)13-5-3-7-17-11-13;/h3,5,7,11,14H,2,4,6,8-10,12H2,1H3,(H,19,22)(H2,18,20,21);1H. The van der Waals surface area contributed by atoms with Gasteiger partial charge in [0, 0.05) is 37.3 Å². The Morgan fingerprint density at radius 1 is 1.38 bits per heavy atom. The number of rotatable bonds is 7. The van der Waals surface area contributed by atoms with E-state index in [2.05, 4.69) is 25.9 Å². The van der Waals surface area contributed by atoms with Crippen molar-refractivity contribution >= 4 is 47.6 Å². The first-order chi connectivity index (χ1) is 11.3. The fraction of sp³-hybridized carbons (Fsp3) is 0.562. The van der Waals surface area contributed by atoms with Crippen LogP contribution in [0.4, 0.5) is 0 Å². The summed E-state index contributed by atoms with van der Waals surface area (Å²) in [6, 6.07) is 3.50. The molecule has 1 amide bonds. The zero-order chi connectivity index (χ0) is 16.3. The van der Waals surface area contributed by atoms with Crippen LogP contribution in [0.15, 0.2) is 29.5 Å². The van der Waals surface area contributed by atoms with Gasteiger partial charge in [0.05, 0.1) is 12.1 Å². The van der Waals surface area contributed by atoms with Crippen LogP contribution >= 0.6 is 35.7 Å². The van der Waals surface area contributed by atoms with Crippen LogP contribution in [0.5, 0.6) is 0 Å². The van der Waals surface area contributed by atoms with Gasteiger partial charge < -0.3 is 16.0 Å². The number of aliphatic imine (C=N–C) groups is 1. The van der Waals surface area contributed by atoms with Crippen LogP contribution in [-0.4, -0.2) is 54.0 Å². The van der Waals surface area contributed by atoms with Crippen molar-refractivity contribution < 1.29 is 4.79 Å². The van der Waals surface area contributed by atoms with E-state index in [0.717, 1.165) is 19.0 Å². The van der Waals surface area contributed by atoms with Gasteiger partial charge in [-0.25, -0.2) is 0 Å². The van der Waals surface area contributed by atoms with Crippen molar-refractivity contribution in [2.75, 3.05) is 31.9 Å². The van der Waals surface area contributed by atoms with Crippen LogP contribution in [-0.2, 0) is 0 Å². The van der Waals surface area contributed by atoms with E-state index < -0.39 is 0 Å². The third-order valence-corrected chi connectivity index (χ3v) is 4.83. The molecule has 1 aliphatic heterocycles. The highest BCUT2D eigenvalue weighted by Crippen LogP contribution is 2.25. The molecule has 3 N–H and O–H groups in total. The molecule has 0 aromatic carbocycles. The Morgan fingerprint density at radius 3 is 2.88 bits per heavy atom. The summed E-state index contributed by atoms with van der Waals surface area (Å²) in [6.45, 7) is 4.89. The molecule has 134 valence electrons. The SMILES string of the molecule is CCNC(=NCC1CCCS1)NCCNC(=O)c1cccnc1.I. The van der Waals surface area contributed by atoms with Crippen molar-refractivity contribution in [2.24, 2.45) is 4.99 Å². The van der Waals surface area contributed by atoms with E-state index in [9.17, 15) is 4.79 Å². The summed E-state index contributed by atoms with van der Waals surface area (Å²) in [5.74, 6) is 1.96. The number of aromatic nitrogens is 1. The molecule has 6 nitrogen and oxygen atoms in total. The van der Waals surface area contributed by atoms with E-state index in [4.69, 9.17) is 0 Å². The number of halogens is 1. The van der Waals surface area contributed by atoms with Crippen LogP contribution in [0.1, 0.15) is 30.1 Å². The molecule has 1 saturated heterocycles. The van der Waals surface area contributed by atoms with Crippen molar-refractivity contribution in [3.63, 3.8) is 0 Å². The van der Waals surface area contributed by atoms with E-state index in [-0.39, 0.29) is 29.9 Å². The molecule has 24 heavy (non-hydrogen) atoms. The molecule has 1 unspecified atom stereocenters. The van der Waals surface area contributed by atoms with Crippen LogP contribution in [0.25, 0.3) is 0 Å². The summed E-state index contributed by atoms with van der Waals surface area (Å²) in [6.07, 6.45) is 5.78. The molecule has 2 rings (SSSR count). The summed E-state index contributed by atoms with van der Waals surface area (Å²) >= 11 is 2.01. The lowest BCUT2D eigenvalue weighted by Crippen LogP contribution is -2.41. The smallest absolute Gasteiger partial charge is 0.252 e. The molecular weight excluding hydrogens is 437 g/mol. The fourth-order valence-electron chi connectivity index (χ4n) is 2.28. The third kappa shape index (κ3) is 7.69. The van der Waals surface area contributed by atoms with Gasteiger partial charge in [-0.05, 0) is 37.7 Å². The Balaban J connectivity index is 0.00000288. The lowest BCUT2D eigenvalue weighted by molar-refractivity contribution is 0.0954. The molecule has 0 spiro atoms. The van der Waals surface area contributed by atoms with Gasteiger partial charge in [-0.2, -0.15) is 11.8 Å². The number of nitrogens with one attached hydrogen (secondary N) is 3. The number of amides is 1. The first-order valence-corrected chi connectivity index (χ1v) is 9.16. The third-order valence-electron chi connectivity index (χ3n) is 3.45. The maximum atomic E-state index is 11.9. The highest BCUT2D eigenvalue weighted by Gasteiger charge is 2.14. The molecule has 0 bridgehead atoms. The molecule has 0 saturated carbocycles. The van der Waals surface area contributed by atoms with Crippen LogP contribution in [0, 0.1) is 0 Å². The number of hydrogen-bond acceptors (Lipinski definition) is 4. The van der Waals surface area contributed by atoms with Gasteiger partial charge >= 0.3 is 0 Å². The maximum Gasteiger partial charge on any atom is 0.252 e. The molecule has 1 aliphatic rings. The second kappa shape index (κ2) is 12.3. The highest BCUT2D eigenvalue weighted by atomic mass is 127. The fourth-order valence-corrected chi connectivity index (χ4v) is 3.46. The lowest BCUT2D eigenvalue weighted by Gasteiger charge is -2.13. The Kier molecular flexibility index (Phi) is 10.8. The van der Waals surface area contributed by atoms with Gasteiger partial charge in [0.25, 0.3) is 5.91 Å². The number of guanidine groups is 1. The van der Waals surface area contributed by atoms with Crippen LogP contribution < -0.4 is 16.0 Å². The number of thioether (sulfide) groups is 1. The molecular formula is C16H26IN5OS. The summed E-state index contributed by atoms with van der Waals surface area (Å²) < 4.78 is 0. The zero-order valence-electron chi connectivity index (χ0n) is 14.0. The van der Waals surface area contributed by atoms with Gasteiger partial charge in [0.1, 0.15) is 0 Å². The predicted octanol–water partition coefficient (Wildman–Crippen LogP) is 1.88. The Morgan fingerprint density at radius 2 is 2.21 bits per heavy atom. The molecule has 1 fully saturated rings. The average molecular weight is 463 g/mol. The largest absolute Gasteiger partial charge is 0.357 e. The van der Waals surface area contributed by atoms with E-state index in [0.29, 0.717) is 23.9 Å². The minimum atomic E-state index is -0.107. The highest BCUT2D eigenvalue weighted by molar-refractivity contribution is 14.0. The quantitative estimate of drug-likeness (QED) is 0.249. The van der Waals surface area contributed by atoms with Crippen molar-refractivity contribution in [1.29, 1.82) is 0 Å². The molecule has 0 radical (unpaired) electrons. The first kappa shape index (κ1) is 21.0. The summed E-state index contributed by atoms with van der Waals surface area (Å²) in [5.41, 5.74) is 0.575. The summed E-state index contributed by atoms with van der Waals surface area (Å²) in [7, 11) is 0. The Hall–Kier alpha value is -1.03. The summed E-state index contributed by atoms with van der Waals surface area (Å²) in [5, 5.41) is 10.00. The van der Waals surface area contributed by atoms with Crippen LogP contribution in [0.2, 0.25) is 0 Å². The zero-order valence-corrected chi connectivity index (χ0v) is 17.1. The number of carbonyl (C=O) groups excluding carboxylic acids is 1. The van der Waals surface area contributed by atoms with Crippen molar-refractivity contribution in [2.45, 2.75) is 25.0 Å². The van der Waals surface area contributed by atoms with E-state index in [1.807, 2.05) is 18.7 Å². The van der Waals surface area contributed by atoms with Gasteiger partial charge in [-0.3, -0.25) is 14.8 Å². The van der Waals surface area contributed by atoms with Gasteiger partial charge in [0.2, 0.25) is 0 Å². The lowest BCUT2D eigenvalue weighted by atomic mass is 10.2. The average Bonchev–Trinajstić information content (AvgIpc) is 3.10. The number of carbonyl (C=O) groups is 1. The minimum absolute atomic E-state index is 0. The molecule has 2 heterocycles. The number of hydrogen-bond donors (Lipinski definition) is 3. The second-order valence-corrected chi connectivity index (χ2v) is 6.69. The van der Waals surface area contributed by atoms with Crippen LogP contribution in [0.3, 0.4) is 0 Å². The van der Waals surface area contributed by atoms with E-state index >= 15 is 0 Å². The monoisotopic (exact) mass is 463 g/mol. The number of nitrogens with zero attached hydrogens (tertiary/aromatic N) is 2. The number of pyridine rings is 1. The molecule has 0 aliphatic carbocycles. The van der Waals surface area contributed by atoms with Crippen molar-refractivity contribution in [3.05, 3.63) is 30.1 Å². The normalized spacial score (nSPS) is 17.0. The minimum Gasteiger partial charge on any atom is -0.357 e. The molecule has 8 heteroatoms. The Bertz CT molecular complexity index is 508. The molecule has 1 aromatic rings. The Labute approximate surface area is 165 Å².